The van der Waals surface area contributed by atoms with Crippen LogP contribution in [0.3, 0.4) is 0 Å². The minimum absolute atomic E-state index is 0.00377. The molecule has 1 saturated carbocycles. The standard InChI is InChI=1S/C12H22N2O4S/c1-9-5-2-3-8-14(9)19(17,18)13-11-7-4-6-10(11)12(15)16/h9-11,13H,2-8H2,1H3,(H,15,16). The van der Waals surface area contributed by atoms with Gasteiger partial charge in [-0.2, -0.15) is 17.4 Å². The molecule has 1 heterocycles. The van der Waals surface area contributed by atoms with Crippen molar-refractivity contribution in [3.63, 3.8) is 0 Å². The van der Waals surface area contributed by atoms with Crippen LogP contribution >= 0.6 is 0 Å². The summed E-state index contributed by atoms with van der Waals surface area (Å²) < 4.78 is 28.8. The molecule has 0 bridgehead atoms. The molecule has 1 aliphatic heterocycles. The van der Waals surface area contributed by atoms with Gasteiger partial charge in [0.25, 0.3) is 10.2 Å². The zero-order valence-corrected chi connectivity index (χ0v) is 12.0. The molecule has 0 amide bonds. The molecule has 6 nitrogen and oxygen atoms in total. The second-order valence-corrected chi connectivity index (χ2v) is 7.22. The first-order valence-electron chi connectivity index (χ1n) is 6.93. The zero-order valence-electron chi connectivity index (χ0n) is 11.2. The number of rotatable bonds is 4. The summed E-state index contributed by atoms with van der Waals surface area (Å²) in [5.74, 6) is -1.49. The van der Waals surface area contributed by atoms with Crippen molar-refractivity contribution in [3.05, 3.63) is 0 Å². The van der Waals surface area contributed by atoms with Gasteiger partial charge in [0.15, 0.2) is 0 Å². The maximum absolute atomic E-state index is 12.3. The SMILES string of the molecule is CC1CCCCN1S(=O)(=O)NC1CCCC1C(=O)O. The van der Waals surface area contributed by atoms with Crippen LogP contribution in [0.15, 0.2) is 0 Å². The highest BCUT2D eigenvalue weighted by atomic mass is 32.2. The first kappa shape index (κ1) is 14.7. The zero-order chi connectivity index (χ0) is 14.0. The monoisotopic (exact) mass is 290 g/mol. The lowest BCUT2D eigenvalue weighted by molar-refractivity contribution is -0.141. The van der Waals surface area contributed by atoms with Gasteiger partial charge in [0.05, 0.1) is 5.92 Å². The quantitative estimate of drug-likeness (QED) is 0.807. The highest BCUT2D eigenvalue weighted by molar-refractivity contribution is 7.87. The van der Waals surface area contributed by atoms with Crippen LogP contribution < -0.4 is 4.72 Å². The van der Waals surface area contributed by atoms with E-state index in [0.717, 1.165) is 25.7 Å². The van der Waals surface area contributed by atoms with Crippen LogP contribution in [0.4, 0.5) is 0 Å². The average molecular weight is 290 g/mol. The van der Waals surface area contributed by atoms with Crippen molar-refractivity contribution in [2.24, 2.45) is 5.92 Å². The number of piperidine rings is 1. The summed E-state index contributed by atoms with van der Waals surface area (Å²) in [6, 6.07) is -0.465. The molecule has 0 radical (unpaired) electrons. The van der Waals surface area contributed by atoms with Crippen molar-refractivity contribution >= 4 is 16.2 Å². The summed E-state index contributed by atoms with van der Waals surface area (Å²) in [6.45, 7) is 2.43. The number of carboxylic acid groups (broad SMARTS) is 1. The molecular weight excluding hydrogens is 268 g/mol. The van der Waals surface area contributed by atoms with E-state index in [4.69, 9.17) is 5.11 Å². The Bertz CT molecular complexity index is 437. The van der Waals surface area contributed by atoms with Crippen molar-refractivity contribution in [1.29, 1.82) is 0 Å². The van der Waals surface area contributed by atoms with E-state index in [1.165, 1.54) is 4.31 Å². The Labute approximate surface area is 114 Å². The van der Waals surface area contributed by atoms with Crippen molar-refractivity contribution in [1.82, 2.24) is 9.03 Å². The molecule has 0 aromatic rings. The smallest absolute Gasteiger partial charge is 0.308 e. The normalized spacial score (nSPS) is 33.4. The molecule has 0 aromatic heterocycles. The molecule has 1 saturated heterocycles. The van der Waals surface area contributed by atoms with E-state index in [-0.39, 0.29) is 6.04 Å². The summed E-state index contributed by atoms with van der Waals surface area (Å²) in [7, 11) is -3.56. The summed E-state index contributed by atoms with van der Waals surface area (Å²) in [4.78, 5) is 11.1. The van der Waals surface area contributed by atoms with Crippen LogP contribution in [0.5, 0.6) is 0 Å². The molecule has 0 spiro atoms. The second-order valence-electron chi connectivity index (χ2n) is 5.56. The van der Waals surface area contributed by atoms with Gasteiger partial charge in [0.1, 0.15) is 0 Å². The largest absolute Gasteiger partial charge is 0.481 e. The van der Waals surface area contributed by atoms with Crippen LogP contribution in [0.1, 0.15) is 45.4 Å². The molecule has 3 unspecified atom stereocenters. The van der Waals surface area contributed by atoms with Gasteiger partial charge in [-0.15, -0.1) is 0 Å². The highest BCUT2D eigenvalue weighted by Crippen LogP contribution is 2.28. The molecule has 2 aliphatic rings. The highest BCUT2D eigenvalue weighted by Gasteiger charge is 2.38. The van der Waals surface area contributed by atoms with Gasteiger partial charge in [0.2, 0.25) is 0 Å². The van der Waals surface area contributed by atoms with E-state index < -0.39 is 28.1 Å². The molecule has 1 aliphatic carbocycles. The number of carboxylic acids is 1. The van der Waals surface area contributed by atoms with E-state index in [1.807, 2.05) is 6.92 Å². The third-order valence-electron chi connectivity index (χ3n) is 4.18. The predicted molar refractivity (Wildman–Crippen MR) is 70.8 cm³/mol. The molecule has 110 valence electrons. The Morgan fingerprint density at radius 1 is 1.21 bits per heavy atom. The molecule has 2 N–H and O–H groups in total. The van der Waals surface area contributed by atoms with Crippen LogP contribution in [0.25, 0.3) is 0 Å². The van der Waals surface area contributed by atoms with Crippen molar-refractivity contribution in [3.8, 4) is 0 Å². The van der Waals surface area contributed by atoms with Crippen LogP contribution in [-0.4, -0.2) is 42.4 Å². The van der Waals surface area contributed by atoms with Crippen molar-refractivity contribution in [2.45, 2.75) is 57.5 Å². The Kier molecular flexibility index (Phi) is 4.47. The summed E-state index contributed by atoms with van der Waals surface area (Å²) in [6.07, 6.45) is 4.72. The van der Waals surface area contributed by atoms with Gasteiger partial charge in [-0.05, 0) is 32.6 Å². The maximum atomic E-state index is 12.3. The lowest BCUT2D eigenvalue weighted by atomic mass is 10.1. The lowest BCUT2D eigenvalue weighted by Crippen LogP contribution is -2.52. The van der Waals surface area contributed by atoms with Gasteiger partial charge in [-0.3, -0.25) is 4.79 Å². The third kappa shape index (κ3) is 3.27. The van der Waals surface area contributed by atoms with Gasteiger partial charge >= 0.3 is 5.97 Å². The molecule has 3 atom stereocenters. The van der Waals surface area contributed by atoms with E-state index in [1.54, 1.807) is 0 Å². The second kappa shape index (κ2) is 5.76. The number of carbonyl (C=O) groups is 1. The maximum Gasteiger partial charge on any atom is 0.308 e. The number of hydrogen-bond acceptors (Lipinski definition) is 3. The summed E-state index contributed by atoms with van der Waals surface area (Å²) in [5.41, 5.74) is 0. The van der Waals surface area contributed by atoms with Gasteiger partial charge in [0, 0.05) is 18.6 Å². The number of hydrogen-bond donors (Lipinski definition) is 2. The van der Waals surface area contributed by atoms with E-state index >= 15 is 0 Å². The first-order chi connectivity index (χ1) is 8.92. The topological polar surface area (TPSA) is 86.7 Å². The predicted octanol–water partition coefficient (Wildman–Crippen LogP) is 0.948. The third-order valence-corrected chi connectivity index (χ3v) is 5.94. The average Bonchev–Trinajstić information content (AvgIpc) is 2.76. The van der Waals surface area contributed by atoms with Gasteiger partial charge < -0.3 is 5.11 Å². The van der Waals surface area contributed by atoms with Crippen LogP contribution in [0, 0.1) is 5.92 Å². The minimum Gasteiger partial charge on any atom is -0.481 e. The minimum atomic E-state index is -3.56. The Hall–Kier alpha value is -0.660. The fraction of sp³-hybridized carbons (Fsp3) is 0.917. The summed E-state index contributed by atoms with van der Waals surface area (Å²) in [5, 5.41) is 9.09. The van der Waals surface area contributed by atoms with E-state index in [0.29, 0.717) is 19.4 Å². The van der Waals surface area contributed by atoms with Crippen molar-refractivity contribution in [2.75, 3.05) is 6.54 Å². The van der Waals surface area contributed by atoms with E-state index in [2.05, 4.69) is 4.72 Å². The van der Waals surface area contributed by atoms with Gasteiger partial charge in [-0.25, -0.2) is 0 Å². The molecule has 2 rings (SSSR count). The van der Waals surface area contributed by atoms with Crippen LogP contribution in [0.2, 0.25) is 0 Å². The van der Waals surface area contributed by atoms with Crippen LogP contribution in [-0.2, 0) is 15.0 Å². The Morgan fingerprint density at radius 2 is 1.95 bits per heavy atom. The van der Waals surface area contributed by atoms with Gasteiger partial charge in [-0.1, -0.05) is 12.8 Å². The number of nitrogens with zero attached hydrogens (tertiary/aromatic N) is 1. The number of aliphatic carboxylic acids is 1. The fourth-order valence-corrected chi connectivity index (χ4v) is 4.83. The molecule has 7 heteroatoms. The molecule has 2 fully saturated rings. The molecular formula is C12H22N2O4S. The number of nitrogens with one attached hydrogen (secondary N) is 1. The molecule has 0 aromatic carbocycles. The Balaban J connectivity index is 2.06. The molecule has 19 heavy (non-hydrogen) atoms. The Morgan fingerprint density at radius 3 is 2.58 bits per heavy atom. The van der Waals surface area contributed by atoms with E-state index in [9.17, 15) is 13.2 Å². The lowest BCUT2D eigenvalue weighted by Gasteiger charge is -2.33. The summed E-state index contributed by atoms with van der Waals surface area (Å²) >= 11 is 0. The first-order valence-corrected chi connectivity index (χ1v) is 8.38. The fourth-order valence-electron chi connectivity index (χ4n) is 3.08. The van der Waals surface area contributed by atoms with Crippen molar-refractivity contribution < 1.29 is 18.3 Å².